The van der Waals surface area contributed by atoms with E-state index in [1.54, 1.807) is 6.20 Å². The third-order valence-corrected chi connectivity index (χ3v) is 3.22. The average Bonchev–Trinajstić information content (AvgIpc) is 2.63. The lowest BCUT2D eigenvalue weighted by Gasteiger charge is -2.22. The van der Waals surface area contributed by atoms with Crippen LogP contribution in [0.5, 0.6) is 0 Å². The van der Waals surface area contributed by atoms with Crippen LogP contribution in [0.2, 0.25) is 0 Å². The molecule has 1 aliphatic rings. The monoisotopic (exact) mass is 258 g/mol. The molecular formula is C16H22N2O. The first-order valence-electron chi connectivity index (χ1n) is 6.74. The molecule has 1 aliphatic heterocycles. The van der Waals surface area contributed by atoms with Gasteiger partial charge in [-0.05, 0) is 30.4 Å². The normalized spacial score (nSPS) is 18.7. The molecule has 2 amide bonds. The van der Waals surface area contributed by atoms with Crippen LogP contribution in [0.25, 0.3) is 0 Å². The van der Waals surface area contributed by atoms with Crippen molar-refractivity contribution in [1.82, 2.24) is 5.32 Å². The van der Waals surface area contributed by atoms with Crippen molar-refractivity contribution >= 4 is 11.7 Å². The van der Waals surface area contributed by atoms with Gasteiger partial charge < -0.3 is 5.32 Å². The minimum absolute atomic E-state index is 0.0575. The topological polar surface area (TPSA) is 32.3 Å². The molecule has 0 radical (unpaired) electrons. The molecule has 1 aromatic carbocycles. The van der Waals surface area contributed by atoms with Gasteiger partial charge in [0, 0.05) is 17.9 Å². The van der Waals surface area contributed by atoms with E-state index in [1.807, 2.05) is 29.2 Å². The molecule has 102 valence electrons. The predicted molar refractivity (Wildman–Crippen MR) is 79.2 cm³/mol. The van der Waals surface area contributed by atoms with E-state index in [0.717, 1.165) is 12.1 Å². The van der Waals surface area contributed by atoms with Crippen LogP contribution in [-0.4, -0.2) is 12.1 Å². The summed E-state index contributed by atoms with van der Waals surface area (Å²) in [6.07, 6.45) is 4.67. The minimum Gasteiger partial charge on any atom is -0.315 e. The number of amides is 2. The van der Waals surface area contributed by atoms with Gasteiger partial charge in [0.15, 0.2) is 0 Å². The van der Waals surface area contributed by atoms with E-state index in [9.17, 15) is 4.79 Å². The van der Waals surface area contributed by atoms with Crippen LogP contribution in [0.4, 0.5) is 10.5 Å². The number of anilines is 1. The molecule has 2 rings (SSSR count). The maximum Gasteiger partial charge on any atom is 0.326 e. The van der Waals surface area contributed by atoms with Gasteiger partial charge in [-0.1, -0.05) is 45.0 Å². The maximum atomic E-state index is 12.3. The van der Waals surface area contributed by atoms with Gasteiger partial charge in [0.25, 0.3) is 0 Å². The molecule has 1 unspecified atom stereocenters. The molecule has 0 aromatic heterocycles. The second kappa shape index (κ2) is 5.08. The molecule has 3 heteroatoms. The number of urea groups is 1. The van der Waals surface area contributed by atoms with Crippen molar-refractivity contribution in [2.24, 2.45) is 5.41 Å². The van der Waals surface area contributed by atoms with Crippen LogP contribution in [0, 0.1) is 5.41 Å². The number of para-hydroxylation sites is 1. The zero-order valence-electron chi connectivity index (χ0n) is 12.1. The lowest BCUT2D eigenvalue weighted by molar-refractivity contribution is 0.248. The van der Waals surface area contributed by atoms with Crippen molar-refractivity contribution in [2.45, 2.75) is 40.2 Å². The highest BCUT2D eigenvalue weighted by atomic mass is 16.2. The van der Waals surface area contributed by atoms with Crippen molar-refractivity contribution in [3.8, 4) is 0 Å². The Labute approximate surface area is 115 Å². The Morgan fingerprint density at radius 1 is 1.37 bits per heavy atom. The third-order valence-electron chi connectivity index (χ3n) is 3.22. The molecule has 0 fully saturated rings. The number of benzene rings is 1. The Hall–Kier alpha value is -1.77. The van der Waals surface area contributed by atoms with Crippen molar-refractivity contribution < 1.29 is 4.79 Å². The van der Waals surface area contributed by atoms with Gasteiger partial charge in [0.05, 0.1) is 0 Å². The Morgan fingerprint density at radius 3 is 2.74 bits per heavy atom. The van der Waals surface area contributed by atoms with Gasteiger partial charge in [0.1, 0.15) is 0 Å². The molecule has 0 spiro atoms. The van der Waals surface area contributed by atoms with Gasteiger partial charge in [0.2, 0.25) is 0 Å². The fourth-order valence-corrected chi connectivity index (χ4v) is 2.31. The second-order valence-corrected chi connectivity index (χ2v) is 6.20. The standard InChI is InChI=1S/C16H22N2O/c1-12-11-13-7-5-6-8-14(13)18(12)15(19)17-10-9-16(2,3)4/h5-10,12H,11H2,1-4H3,(H,17,19)/b10-9+. The Morgan fingerprint density at radius 2 is 2.05 bits per heavy atom. The number of allylic oxidation sites excluding steroid dienone is 1. The first-order chi connectivity index (χ1) is 8.88. The van der Waals surface area contributed by atoms with Crippen molar-refractivity contribution in [2.75, 3.05) is 4.90 Å². The van der Waals surface area contributed by atoms with Crippen LogP contribution >= 0.6 is 0 Å². The number of hydrogen-bond donors (Lipinski definition) is 1. The van der Waals surface area contributed by atoms with Crippen LogP contribution in [-0.2, 0) is 6.42 Å². The van der Waals surface area contributed by atoms with E-state index >= 15 is 0 Å². The molecule has 1 heterocycles. The minimum atomic E-state index is -0.0575. The van der Waals surface area contributed by atoms with E-state index < -0.39 is 0 Å². The first kappa shape index (κ1) is 13.7. The molecular weight excluding hydrogens is 236 g/mol. The Kier molecular flexibility index (Phi) is 3.65. The summed E-state index contributed by atoms with van der Waals surface area (Å²) in [6.45, 7) is 8.38. The molecule has 19 heavy (non-hydrogen) atoms. The largest absolute Gasteiger partial charge is 0.326 e. The number of nitrogens with zero attached hydrogens (tertiary/aromatic N) is 1. The lowest BCUT2D eigenvalue weighted by atomic mass is 9.97. The Bertz CT molecular complexity index is 500. The molecule has 0 saturated heterocycles. The molecule has 0 bridgehead atoms. The summed E-state index contributed by atoms with van der Waals surface area (Å²) in [5, 5.41) is 2.86. The van der Waals surface area contributed by atoms with Crippen molar-refractivity contribution in [1.29, 1.82) is 0 Å². The van der Waals surface area contributed by atoms with Gasteiger partial charge in [-0.3, -0.25) is 4.90 Å². The second-order valence-electron chi connectivity index (χ2n) is 6.20. The third kappa shape index (κ3) is 3.16. The average molecular weight is 258 g/mol. The van der Waals surface area contributed by atoms with Crippen LogP contribution < -0.4 is 10.2 Å². The molecule has 1 aromatic rings. The maximum absolute atomic E-state index is 12.3. The summed E-state index contributed by atoms with van der Waals surface area (Å²) >= 11 is 0. The summed E-state index contributed by atoms with van der Waals surface area (Å²) < 4.78 is 0. The van der Waals surface area contributed by atoms with E-state index in [1.165, 1.54) is 5.56 Å². The van der Waals surface area contributed by atoms with Gasteiger partial charge in [-0.15, -0.1) is 0 Å². The fraction of sp³-hybridized carbons (Fsp3) is 0.438. The van der Waals surface area contributed by atoms with Crippen LogP contribution in [0.1, 0.15) is 33.3 Å². The summed E-state index contributed by atoms with van der Waals surface area (Å²) in [5.41, 5.74) is 2.34. The van der Waals surface area contributed by atoms with Crippen LogP contribution in [0.3, 0.4) is 0 Å². The zero-order valence-corrected chi connectivity index (χ0v) is 12.1. The highest BCUT2D eigenvalue weighted by Crippen LogP contribution is 2.31. The number of fused-ring (bicyclic) bond motifs is 1. The number of carbonyl (C=O) groups excluding carboxylic acids is 1. The Balaban J connectivity index is 2.10. The number of rotatable bonds is 1. The van der Waals surface area contributed by atoms with E-state index in [-0.39, 0.29) is 17.5 Å². The predicted octanol–water partition coefficient (Wildman–Crippen LogP) is 3.71. The zero-order chi connectivity index (χ0) is 14.0. The lowest BCUT2D eigenvalue weighted by Crippen LogP contribution is -2.41. The molecule has 0 saturated carbocycles. The SMILES string of the molecule is CC1Cc2ccccc2N1C(=O)N/C=C/C(C)(C)C. The molecule has 0 aliphatic carbocycles. The molecule has 1 N–H and O–H groups in total. The van der Waals surface area contributed by atoms with Crippen LogP contribution in [0.15, 0.2) is 36.5 Å². The highest BCUT2D eigenvalue weighted by Gasteiger charge is 2.29. The fourth-order valence-electron chi connectivity index (χ4n) is 2.31. The van der Waals surface area contributed by atoms with Gasteiger partial charge >= 0.3 is 6.03 Å². The first-order valence-corrected chi connectivity index (χ1v) is 6.74. The van der Waals surface area contributed by atoms with Gasteiger partial charge in [-0.25, -0.2) is 4.79 Å². The van der Waals surface area contributed by atoms with Crippen molar-refractivity contribution in [3.05, 3.63) is 42.1 Å². The summed E-state index contributed by atoms with van der Waals surface area (Å²) in [4.78, 5) is 14.1. The van der Waals surface area contributed by atoms with Gasteiger partial charge in [-0.2, -0.15) is 0 Å². The smallest absolute Gasteiger partial charge is 0.315 e. The summed E-state index contributed by atoms with van der Waals surface area (Å²) in [5.74, 6) is 0. The van der Waals surface area contributed by atoms with E-state index in [4.69, 9.17) is 0 Å². The summed E-state index contributed by atoms with van der Waals surface area (Å²) in [6, 6.07) is 8.24. The quantitative estimate of drug-likeness (QED) is 0.818. The number of carbonyl (C=O) groups is 1. The number of nitrogens with one attached hydrogen (secondary N) is 1. The van der Waals surface area contributed by atoms with E-state index in [0.29, 0.717) is 0 Å². The summed E-state index contributed by atoms with van der Waals surface area (Å²) in [7, 11) is 0. The molecule has 1 atom stereocenters. The number of hydrogen-bond acceptors (Lipinski definition) is 1. The van der Waals surface area contributed by atoms with E-state index in [2.05, 4.69) is 39.1 Å². The molecule has 3 nitrogen and oxygen atoms in total. The van der Waals surface area contributed by atoms with Crippen molar-refractivity contribution in [3.63, 3.8) is 0 Å². The highest BCUT2D eigenvalue weighted by molar-refractivity contribution is 5.95.